The third kappa shape index (κ3) is 2.95. The summed E-state index contributed by atoms with van der Waals surface area (Å²) in [6.45, 7) is 0. The second kappa shape index (κ2) is 5.88. The van der Waals surface area contributed by atoms with Gasteiger partial charge in [-0.15, -0.1) is 0 Å². The first-order valence-electron chi connectivity index (χ1n) is 5.80. The number of phenolic OH excluding ortho intramolecular Hbond substituents is 1. The van der Waals surface area contributed by atoms with E-state index < -0.39 is 11.9 Å². The van der Waals surface area contributed by atoms with Gasteiger partial charge < -0.3 is 14.6 Å². The Bertz CT molecular complexity index is 634. The molecule has 0 bridgehead atoms. The lowest BCUT2D eigenvalue weighted by Gasteiger charge is -2.07. The molecule has 5 heteroatoms. The molecule has 2 aromatic carbocycles. The SMILES string of the molecule is COC(=O)c1ccc(OC(=O)c2ccccc2)cc1O. The molecule has 0 saturated carbocycles. The number of phenols is 1. The Kier molecular flexibility index (Phi) is 4.00. The molecule has 20 heavy (non-hydrogen) atoms. The maximum Gasteiger partial charge on any atom is 0.343 e. The molecule has 0 radical (unpaired) electrons. The molecule has 0 aromatic heterocycles. The van der Waals surface area contributed by atoms with E-state index in [-0.39, 0.29) is 17.1 Å². The van der Waals surface area contributed by atoms with Gasteiger partial charge in [0.2, 0.25) is 0 Å². The highest BCUT2D eigenvalue weighted by molar-refractivity contribution is 5.93. The van der Waals surface area contributed by atoms with E-state index in [1.165, 1.54) is 25.3 Å². The summed E-state index contributed by atoms with van der Waals surface area (Å²) in [6.07, 6.45) is 0. The normalized spacial score (nSPS) is 9.85. The van der Waals surface area contributed by atoms with Crippen molar-refractivity contribution >= 4 is 11.9 Å². The third-order valence-corrected chi connectivity index (χ3v) is 2.59. The van der Waals surface area contributed by atoms with Crippen LogP contribution < -0.4 is 4.74 Å². The van der Waals surface area contributed by atoms with Gasteiger partial charge in [0, 0.05) is 6.07 Å². The first-order chi connectivity index (χ1) is 9.61. The zero-order valence-electron chi connectivity index (χ0n) is 10.7. The summed E-state index contributed by atoms with van der Waals surface area (Å²) in [5, 5.41) is 9.68. The lowest BCUT2D eigenvalue weighted by atomic mass is 10.2. The van der Waals surface area contributed by atoms with E-state index in [0.717, 1.165) is 0 Å². The van der Waals surface area contributed by atoms with Crippen LogP contribution in [0.25, 0.3) is 0 Å². The molecule has 2 aromatic rings. The van der Waals surface area contributed by atoms with Gasteiger partial charge in [0.05, 0.1) is 12.7 Å². The van der Waals surface area contributed by atoms with E-state index in [0.29, 0.717) is 5.56 Å². The average Bonchev–Trinajstić information content (AvgIpc) is 2.47. The molecule has 0 saturated heterocycles. The number of methoxy groups -OCH3 is 1. The van der Waals surface area contributed by atoms with E-state index in [1.807, 2.05) is 0 Å². The molecule has 0 heterocycles. The minimum Gasteiger partial charge on any atom is -0.507 e. The molecule has 0 aliphatic heterocycles. The van der Waals surface area contributed by atoms with Crippen LogP contribution in [0, 0.1) is 0 Å². The van der Waals surface area contributed by atoms with Gasteiger partial charge in [0.15, 0.2) is 0 Å². The van der Waals surface area contributed by atoms with Crippen LogP contribution in [0.15, 0.2) is 48.5 Å². The van der Waals surface area contributed by atoms with Crippen LogP contribution in [0.2, 0.25) is 0 Å². The van der Waals surface area contributed by atoms with Crippen molar-refractivity contribution in [3.63, 3.8) is 0 Å². The van der Waals surface area contributed by atoms with Crippen molar-refractivity contribution < 1.29 is 24.2 Å². The number of rotatable bonds is 3. The van der Waals surface area contributed by atoms with Gasteiger partial charge in [-0.25, -0.2) is 9.59 Å². The molecular weight excluding hydrogens is 260 g/mol. The molecule has 0 fully saturated rings. The van der Waals surface area contributed by atoms with Crippen LogP contribution in [0.3, 0.4) is 0 Å². The van der Waals surface area contributed by atoms with E-state index in [1.54, 1.807) is 30.3 Å². The van der Waals surface area contributed by atoms with E-state index in [2.05, 4.69) is 4.74 Å². The Balaban J connectivity index is 2.17. The number of benzene rings is 2. The van der Waals surface area contributed by atoms with Crippen molar-refractivity contribution in [1.82, 2.24) is 0 Å². The summed E-state index contributed by atoms with van der Waals surface area (Å²) in [5.74, 6) is -1.38. The zero-order valence-corrected chi connectivity index (χ0v) is 10.7. The summed E-state index contributed by atoms with van der Waals surface area (Å²) in [7, 11) is 1.21. The summed E-state index contributed by atoms with van der Waals surface area (Å²) < 4.78 is 9.60. The highest BCUT2D eigenvalue weighted by Crippen LogP contribution is 2.24. The van der Waals surface area contributed by atoms with E-state index in [4.69, 9.17) is 4.74 Å². The molecule has 1 N–H and O–H groups in total. The van der Waals surface area contributed by atoms with Crippen LogP contribution >= 0.6 is 0 Å². The fourth-order valence-electron chi connectivity index (χ4n) is 1.60. The van der Waals surface area contributed by atoms with Crippen molar-refractivity contribution in [3.05, 3.63) is 59.7 Å². The molecule has 0 aliphatic carbocycles. The van der Waals surface area contributed by atoms with Crippen molar-refractivity contribution in [2.24, 2.45) is 0 Å². The number of hydrogen-bond donors (Lipinski definition) is 1. The number of ether oxygens (including phenoxy) is 2. The first-order valence-corrected chi connectivity index (χ1v) is 5.80. The predicted molar refractivity (Wildman–Crippen MR) is 70.8 cm³/mol. The molecule has 0 unspecified atom stereocenters. The van der Waals surface area contributed by atoms with Gasteiger partial charge in [-0.1, -0.05) is 18.2 Å². The van der Waals surface area contributed by atoms with Gasteiger partial charge in [0.25, 0.3) is 0 Å². The number of carbonyl (C=O) groups is 2. The van der Waals surface area contributed by atoms with Crippen molar-refractivity contribution in [2.75, 3.05) is 7.11 Å². The highest BCUT2D eigenvalue weighted by Gasteiger charge is 2.14. The minimum absolute atomic E-state index is 0.00649. The lowest BCUT2D eigenvalue weighted by Crippen LogP contribution is -2.08. The predicted octanol–water partition coefficient (Wildman–Crippen LogP) is 2.40. The Morgan fingerprint density at radius 2 is 1.70 bits per heavy atom. The number of carbonyl (C=O) groups excluding carboxylic acids is 2. The Hall–Kier alpha value is -2.82. The maximum absolute atomic E-state index is 11.8. The van der Waals surface area contributed by atoms with Gasteiger partial charge in [-0.3, -0.25) is 0 Å². The summed E-state index contributed by atoms with van der Waals surface area (Å²) in [6, 6.07) is 12.4. The molecular formula is C15H12O5. The topological polar surface area (TPSA) is 72.8 Å². The smallest absolute Gasteiger partial charge is 0.343 e. The molecule has 0 atom stereocenters. The van der Waals surface area contributed by atoms with Crippen molar-refractivity contribution in [1.29, 1.82) is 0 Å². The lowest BCUT2D eigenvalue weighted by molar-refractivity contribution is 0.0597. The van der Waals surface area contributed by atoms with Crippen LogP contribution in [0.1, 0.15) is 20.7 Å². The highest BCUT2D eigenvalue weighted by atomic mass is 16.5. The largest absolute Gasteiger partial charge is 0.507 e. The monoisotopic (exact) mass is 272 g/mol. The molecule has 0 aliphatic rings. The average molecular weight is 272 g/mol. The van der Waals surface area contributed by atoms with Gasteiger partial charge in [-0.05, 0) is 24.3 Å². The summed E-state index contributed by atoms with van der Waals surface area (Å²) in [4.78, 5) is 23.1. The molecule has 102 valence electrons. The Morgan fingerprint density at radius 1 is 1.00 bits per heavy atom. The third-order valence-electron chi connectivity index (χ3n) is 2.59. The van der Waals surface area contributed by atoms with Crippen molar-refractivity contribution in [3.8, 4) is 11.5 Å². The Labute approximate surface area is 115 Å². The van der Waals surface area contributed by atoms with E-state index in [9.17, 15) is 14.7 Å². The van der Waals surface area contributed by atoms with Crippen LogP contribution in [-0.4, -0.2) is 24.2 Å². The molecule has 0 amide bonds. The number of hydrogen-bond acceptors (Lipinski definition) is 5. The van der Waals surface area contributed by atoms with Gasteiger partial charge in [-0.2, -0.15) is 0 Å². The second-order valence-corrected chi connectivity index (χ2v) is 3.93. The maximum atomic E-state index is 11.8. The molecule has 0 spiro atoms. The van der Waals surface area contributed by atoms with Crippen LogP contribution in [0.5, 0.6) is 11.5 Å². The van der Waals surface area contributed by atoms with Crippen LogP contribution in [-0.2, 0) is 4.74 Å². The Morgan fingerprint density at radius 3 is 2.30 bits per heavy atom. The number of esters is 2. The van der Waals surface area contributed by atoms with E-state index >= 15 is 0 Å². The van der Waals surface area contributed by atoms with Gasteiger partial charge >= 0.3 is 11.9 Å². The summed E-state index contributed by atoms with van der Waals surface area (Å²) >= 11 is 0. The molecule has 5 nitrogen and oxygen atoms in total. The quantitative estimate of drug-likeness (QED) is 0.686. The van der Waals surface area contributed by atoms with Crippen molar-refractivity contribution in [2.45, 2.75) is 0 Å². The fourth-order valence-corrected chi connectivity index (χ4v) is 1.60. The van der Waals surface area contributed by atoms with Gasteiger partial charge in [0.1, 0.15) is 17.1 Å². The number of aromatic hydroxyl groups is 1. The second-order valence-electron chi connectivity index (χ2n) is 3.93. The standard InChI is InChI=1S/C15H12O5/c1-19-15(18)12-8-7-11(9-13(12)16)20-14(17)10-5-3-2-4-6-10/h2-9,16H,1H3. The fraction of sp³-hybridized carbons (Fsp3) is 0.0667. The molecule has 2 rings (SSSR count). The summed E-state index contributed by atoms with van der Waals surface area (Å²) in [5.41, 5.74) is 0.399. The first kappa shape index (κ1) is 13.6. The zero-order chi connectivity index (χ0) is 14.5. The van der Waals surface area contributed by atoms with Crippen LogP contribution in [0.4, 0.5) is 0 Å². The minimum atomic E-state index is -0.663.